The number of carbonyl (C=O) groups excluding carboxylic acids is 2. The van der Waals surface area contributed by atoms with Crippen LogP contribution in [0, 0.1) is 0 Å². The molecule has 0 heterocycles. The van der Waals surface area contributed by atoms with Crippen LogP contribution in [-0.4, -0.2) is 22.4 Å². The van der Waals surface area contributed by atoms with Crippen LogP contribution in [0.2, 0.25) is 15.1 Å². The molecule has 1 N–H and O–H groups in total. The molecule has 0 fully saturated rings. The number of carbonyl (C=O) groups is 2. The van der Waals surface area contributed by atoms with Crippen LogP contribution in [0.3, 0.4) is 0 Å². The van der Waals surface area contributed by atoms with Crippen LogP contribution in [-0.2, 0) is 0 Å². The van der Waals surface area contributed by atoms with E-state index >= 15 is 0 Å². The lowest BCUT2D eigenvalue weighted by Crippen LogP contribution is -2.55. The maximum Gasteiger partial charge on any atom is 0.272 e. The Labute approximate surface area is 161 Å². The average molecular weight is 400 g/mol. The van der Waals surface area contributed by atoms with Gasteiger partial charge in [0.15, 0.2) is 0 Å². The third-order valence-corrected chi connectivity index (χ3v) is 4.35. The van der Waals surface area contributed by atoms with E-state index in [0.717, 1.165) is 0 Å². The summed E-state index contributed by atoms with van der Waals surface area (Å²) < 4.78 is 0. The molecule has 0 aliphatic carbocycles. The Morgan fingerprint density at radius 3 is 1.96 bits per heavy atom. The van der Waals surface area contributed by atoms with Crippen molar-refractivity contribution in [3.05, 3.63) is 68.7 Å². The molecule has 0 bridgehead atoms. The normalized spacial score (nSPS) is 11.1. The fourth-order valence-electron chi connectivity index (χ4n) is 2.05. The van der Waals surface area contributed by atoms with E-state index in [9.17, 15) is 9.59 Å². The SMILES string of the molecule is CC(C)(C)N(NC(=O)c1ccc(Cl)cc1)C(=O)c1ccc(Cl)c(Cl)c1. The molecule has 0 radical (unpaired) electrons. The van der Waals surface area contributed by atoms with Crippen LogP contribution < -0.4 is 5.43 Å². The number of hydrogen-bond donors (Lipinski definition) is 1. The van der Waals surface area contributed by atoms with Crippen LogP contribution in [0.4, 0.5) is 0 Å². The maximum absolute atomic E-state index is 12.9. The first-order valence-corrected chi connectivity index (χ1v) is 8.59. The summed E-state index contributed by atoms with van der Waals surface area (Å²) >= 11 is 17.7. The lowest BCUT2D eigenvalue weighted by atomic mass is 10.1. The van der Waals surface area contributed by atoms with Gasteiger partial charge in [0.25, 0.3) is 11.8 Å². The topological polar surface area (TPSA) is 49.4 Å². The first-order valence-electron chi connectivity index (χ1n) is 7.46. The minimum absolute atomic E-state index is 0.269. The van der Waals surface area contributed by atoms with E-state index in [1.807, 2.05) is 20.8 Å². The first kappa shape index (κ1) is 19.6. The molecule has 0 aromatic heterocycles. The first-order chi connectivity index (χ1) is 11.6. The van der Waals surface area contributed by atoms with Crippen molar-refractivity contribution < 1.29 is 9.59 Å². The Hall–Kier alpha value is -1.75. The van der Waals surface area contributed by atoms with Gasteiger partial charge in [-0.3, -0.25) is 15.0 Å². The van der Waals surface area contributed by atoms with Crippen molar-refractivity contribution in [1.82, 2.24) is 10.4 Å². The smallest absolute Gasteiger partial charge is 0.267 e. The van der Waals surface area contributed by atoms with Gasteiger partial charge >= 0.3 is 0 Å². The fourth-order valence-corrected chi connectivity index (χ4v) is 2.47. The number of amides is 2. The largest absolute Gasteiger partial charge is 0.272 e. The molecule has 2 aromatic carbocycles. The molecule has 4 nitrogen and oxygen atoms in total. The zero-order valence-electron chi connectivity index (χ0n) is 13.9. The standard InChI is InChI=1S/C18H17Cl3N2O2/c1-18(2,3)23(17(25)12-6-9-14(20)15(21)10-12)22-16(24)11-4-7-13(19)8-5-11/h4-10H,1-3H3,(H,22,24). The monoisotopic (exact) mass is 398 g/mol. The summed E-state index contributed by atoms with van der Waals surface area (Å²) in [6.07, 6.45) is 0. The number of hydrazine groups is 1. The van der Waals surface area contributed by atoms with Gasteiger partial charge in [-0.25, -0.2) is 5.01 Å². The Kier molecular flexibility index (Phi) is 5.99. The molecule has 0 aliphatic heterocycles. The molecular formula is C18H17Cl3N2O2. The van der Waals surface area contributed by atoms with Crippen molar-refractivity contribution in [3.8, 4) is 0 Å². The Morgan fingerprint density at radius 2 is 1.44 bits per heavy atom. The van der Waals surface area contributed by atoms with Crippen molar-refractivity contribution >= 4 is 46.6 Å². The number of rotatable bonds is 2. The van der Waals surface area contributed by atoms with Crippen LogP contribution in [0.5, 0.6) is 0 Å². The fraction of sp³-hybridized carbons (Fsp3) is 0.222. The average Bonchev–Trinajstić information content (AvgIpc) is 2.54. The second-order valence-electron chi connectivity index (χ2n) is 6.39. The van der Waals surface area contributed by atoms with E-state index in [0.29, 0.717) is 21.2 Å². The molecule has 0 atom stereocenters. The van der Waals surface area contributed by atoms with Gasteiger partial charge < -0.3 is 0 Å². The van der Waals surface area contributed by atoms with Crippen molar-refractivity contribution in [2.24, 2.45) is 0 Å². The highest BCUT2D eigenvalue weighted by Gasteiger charge is 2.30. The highest BCUT2D eigenvalue weighted by Crippen LogP contribution is 2.24. The number of nitrogens with one attached hydrogen (secondary N) is 1. The molecule has 2 amide bonds. The zero-order valence-corrected chi connectivity index (χ0v) is 16.2. The molecule has 7 heteroatoms. The molecule has 2 aromatic rings. The lowest BCUT2D eigenvalue weighted by Gasteiger charge is -2.35. The molecular weight excluding hydrogens is 383 g/mol. The van der Waals surface area contributed by atoms with E-state index in [1.165, 1.54) is 11.1 Å². The van der Waals surface area contributed by atoms with Crippen LogP contribution >= 0.6 is 34.8 Å². The van der Waals surface area contributed by atoms with E-state index in [4.69, 9.17) is 34.8 Å². The van der Waals surface area contributed by atoms with Gasteiger partial charge in [-0.05, 0) is 63.2 Å². The lowest BCUT2D eigenvalue weighted by molar-refractivity contribution is 0.0358. The zero-order chi connectivity index (χ0) is 18.8. The third kappa shape index (κ3) is 4.88. The molecule has 25 heavy (non-hydrogen) atoms. The van der Waals surface area contributed by atoms with Crippen molar-refractivity contribution in [1.29, 1.82) is 0 Å². The van der Waals surface area contributed by atoms with Crippen molar-refractivity contribution in [3.63, 3.8) is 0 Å². The summed E-state index contributed by atoms with van der Waals surface area (Å²) in [6, 6.07) is 11.0. The summed E-state index contributed by atoms with van der Waals surface area (Å²) in [4.78, 5) is 25.3. The molecule has 0 saturated carbocycles. The predicted octanol–water partition coefficient (Wildman–Crippen LogP) is 5.23. The Morgan fingerprint density at radius 1 is 0.880 bits per heavy atom. The summed E-state index contributed by atoms with van der Waals surface area (Å²) in [6.45, 7) is 5.43. The van der Waals surface area contributed by atoms with Gasteiger partial charge in [-0.2, -0.15) is 0 Å². The van der Waals surface area contributed by atoms with Crippen molar-refractivity contribution in [2.45, 2.75) is 26.3 Å². The van der Waals surface area contributed by atoms with Gasteiger partial charge in [0.2, 0.25) is 0 Å². The summed E-state index contributed by atoms with van der Waals surface area (Å²) in [5, 5.41) is 2.41. The highest BCUT2D eigenvalue weighted by molar-refractivity contribution is 6.42. The molecule has 132 valence electrons. The van der Waals surface area contributed by atoms with E-state index in [1.54, 1.807) is 36.4 Å². The van der Waals surface area contributed by atoms with Gasteiger partial charge in [-0.15, -0.1) is 0 Å². The van der Waals surface area contributed by atoms with Crippen LogP contribution in [0.25, 0.3) is 0 Å². The third-order valence-electron chi connectivity index (χ3n) is 3.36. The van der Waals surface area contributed by atoms with Gasteiger partial charge in [-0.1, -0.05) is 34.8 Å². The molecule has 0 saturated heterocycles. The highest BCUT2D eigenvalue weighted by atomic mass is 35.5. The summed E-state index contributed by atoms with van der Waals surface area (Å²) in [7, 11) is 0. The second-order valence-corrected chi connectivity index (χ2v) is 7.64. The quantitative estimate of drug-likeness (QED) is 0.703. The van der Waals surface area contributed by atoms with Crippen molar-refractivity contribution in [2.75, 3.05) is 0 Å². The Bertz CT molecular complexity index is 799. The molecule has 2 rings (SSSR count). The molecule has 0 unspecified atom stereocenters. The number of hydrogen-bond acceptors (Lipinski definition) is 2. The van der Waals surface area contributed by atoms with E-state index in [-0.39, 0.29) is 5.02 Å². The maximum atomic E-state index is 12.9. The minimum Gasteiger partial charge on any atom is -0.267 e. The summed E-state index contributed by atoms with van der Waals surface area (Å²) in [5.41, 5.74) is 2.70. The molecule has 0 spiro atoms. The Balaban J connectivity index is 2.29. The van der Waals surface area contributed by atoms with E-state index < -0.39 is 17.4 Å². The summed E-state index contributed by atoms with van der Waals surface area (Å²) in [5.74, 6) is -0.812. The number of halogens is 3. The molecule has 0 aliphatic rings. The van der Waals surface area contributed by atoms with E-state index in [2.05, 4.69) is 5.43 Å². The number of nitrogens with zero attached hydrogens (tertiary/aromatic N) is 1. The predicted molar refractivity (Wildman–Crippen MR) is 101 cm³/mol. The second kappa shape index (κ2) is 7.65. The van der Waals surface area contributed by atoms with Crippen LogP contribution in [0.15, 0.2) is 42.5 Å². The number of benzene rings is 2. The minimum atomic E-state index is -0.661. The van der Waals surface area contributed by atoms with Gasteiger partial charge in [0.05, 0.1) is 15.6 Å². The van der Waals surface area contributed by atoms with Gasteiger partial charge in [0, 0.05) is 16.1 Å². The van der Waals surface area contributed by atoms with Gasteiger partial charge in [0.1, 0.15) is 0 Å². The van der Waals surface area contributed by atoms with Crippen LogP contribution in [0.1, 0.15) is 41.5 Å².